The predicted octanol–water partition coefficient (Wildman–Crippen LogP) is 3.64. The lowest BCUT2D eigenvalue weighted by Gasteiger charge is -2.46. The van der Waals surface area contributed by atoms with E-state index < -0.39 is 86.8 Å². The van der Waals surface area contributed by atoms with Gasteiger partial charge in [0, 0.05) is 6.42 Å². The zero-order valence-corrected chi connectivity index (χ0v) is 35.4. The number of carbonyl (C=O) groups excluding carboxylic acids is 1. The zero-order valence-electron chi connectivity index (χ0n) is 35.4. The molecule has 340 valence electrons. The number of hydrogen-bond donors (Lipinski definition) is 9. The fourth-order valence-electron chi connectivity index (χ4n) is 6.22. The standard InChI is InChI=1S/C46H73NO13/c1-3-5-7-8-9-10-11-12-13-14-15-16-17-18-19-20-21-22-23-24-25-26-28-30-38(51)47-34(35(50)29-27-6-4-2)33-57-45-43(56)41(54)44(37(32-49)59-45)60-46-42(55)40(53)39(52)36(31-48)58-46/h5,7,9-10,12-13,15-16,18-19,21-22,24-25,27,29,34-37,39-46,48-50,52-56H,3-4,6,8,11,14,17,20,23,26,28,30-33H2,1-2H3,(H,47,51)/b7-5-,10-9-,13-12-,16-15-,19-18-,22-21-,25-24-,29-27+. The Morgan fingerprint density at radius 2 is 1.12 bits per heavy atom. The summed E-state index contributed by atoms with van der Waals surface area (Å²) in [6.07, 6.45) is 25.8. The number of aliphatic hydroxyl groups excluding tert-OH is 8. The van der Waals surface area contributed by atoms with Crippen molar-refractivity contribution < 1.29 is 64.6 Å². The average Bonchev–Trinajstić information content (AvgIpc) is 3.24. The normalized spacial score (nSPS) is 29.2. The molecule has 2 rings (SSSR count). The molecule has 9 N–H and O–H groups in total. The third-order valence-electron chi connectivity index (χ3n) is 9.76. The Bertz CT molecular complexity index is 1370. The second kappa shape index (κ2) is 32.6. The van der Waals surface area contributed by atoms with Gasteiger partial charge in [-0.15, -0.1) is 0 Å². The number of amides is 1. The quantitative estimate of drug-likeness (QED) is 0.0388. The van der Waals surface area contributed by atoms with E-state index in [9.17, 15) is 45.6 Å². The van der Waals surface area contributed by atoms with Crippen LogP contribution in [0.15, 0.2) is 97.2 Å². The first-order chi connectivity index (χ1) is 29.1. The molecule has 0 spiro atoms. The van der Waals surface area contributed by atoms with Gasteiger partial charge in [0.15, 0.2) is 12.6 Å². The summed E-state index contributed by atoms with van der Waals surface area (Å²) in [7, 11) is 0. The summed E-state index contributed by atoms with van der Waals surface area (Å²) < 4.78 is 22.4. The summed E-state index contributed by atoms with van der Waals surface area (Å²) in [6, 6.07) is -0.946. The van der Waals surface area contributed by atoms with Gasteiger partial charge in [-0.2, -0.15) is 0 Å². The van der Waals surface area contributed by atoms with E-state index in [1.807, 2.05) is 13.0 Å². The summed E-state index contributed by atoms with van der Waals surface area (Å²) in [5.74, 6) is -0.316. The van der Waals surface area contributed by atoms with Gasteiger partial charge in [-0.25, -0.2) is 0 Å². The molecule has 0 aromatic carbocycles. The molecule has 0 bridgehead atoms. The second-order valence-corrected chi connectivity index (χ2v) is 14.7. The van der Waals surface area contributed by atoms with Crippen molar-refractivity contribution in [3.63, 3.8) is 0 Å². The van der Waals surface area contributed by atoms with Crippen LogP contribution in [0, 0.1) is 0 Å². The summed E-state index contributed by atoms with van der Waals surface area (Å²) in [5, 5.41) is 85.5. The van der Waals surface area contributed by atoms with Crippen molar-refractivity contribution >= 4 is 5.91 Å². The van der Waals surface area contributed by atoms with E-state index in [-0.39, 0.29) is 18.9 Å². The molecule has 60 heavy (non-hydrogen) atoms. The number of unbranched alkanes of at least 4 members (excludes halogenated alkanes) is 2. The Labute approximate surface area is 356 Å². The van der Waals surface area contributed by atoms with Gasteiger partial charge in [-0.05, 0) is 64.2 Å². The number of allylic oxidation sites excluding steroid dienone is 15. The lowest BCUT2D eigenvalue weighted by atomic mass is 9.97. The Kier molecular flexibility index (Phi) is 28.8. The van der Waals surface area contributed by atoms with Crippen LogP contribution < -0.4 is 5.32 Å². The van der Waals surface area contributed by atoms with Crippen molar-refractivity contribution in [2.24, 2.45) is 0 Å². The van der Waals surface area contributed by atoms with E-state index in [0.717, 1.165) is 51.4 Å². The van der Waals surface area contributed by atoms with Gasteiger partial charge in [0.2, 0.25) is 5.91 Å². The highest BCUT2D eigenvalue weighted by atomic mass is 16.7. The highest BCUT2D eigenvalue weighted by Crippen LogP contribution is 2.29. The van der Waals surface area contributed by atoms with Crippen molar-refractivity contribution in [1.29, 1.82) is 0 Å². The van der Waals surface area contributed by atoms with E-state index in [4.69, 9.17) is 18.9 Å². The molecule has 0 aliphatic carbocycles. The summed E-state index contributed by atoms with van der Waals surface area (Å²) in [4.78, 5) is 12.9. The highest BCUT2D eigenvalue weighted by molar-refractivity contribution is 5.76. The molecule has 2 heterocycles. The number of hydrogen-bond acceptors (Lipinski definition) is 13. The van der Waals surface area contributed by atoms with Crippen LogP contribution in [0.5, 0.6) is 0 Å². The summed E-state index contributed by atoms with van der Waals surface area (Å²) in [5.41, 5.74) is 0. The minimum atomic E-state index is -1.79. The van der Waals surface area contributed by atoms with E-state index in [1.54, 1.807) is 12.2 Å². The predicted molar refractivity (Wildman–Crippen MR) is 230 cm³/mol. The van der Waals surface area contributed by atoms with Gasteiger partial charge in [0.05, 0.1) is 32.0 Å². The Morgan fingerprint density at radius 1 is 0.617 bits per heavy atom. The van der Waals surface area contributed by atoms with Crippen LogP contribution in [0.2, 0.25) is 0 Å². The largest absolute Gasteiger partial charge is 0.394 e. The molecule has 0 aromatic heterocycles. The van der Waals surface area contributed by atoms with Crippen LogP contribution in [0.25, 0.3) is 0 Å². The molecule has 2 aliphatic heterocycles. The van der Waals surface area contributed by atoms with E-state index in [0.29, 0.717) is 19.3 Å². The lowest BCUT2D eigenvalue weighted by molar-refractivity contribution is -0.359. The molecule has 2 fully saturated rings. The first-order valence-corrected chi connectivity index (χ1v) is 21.5. The van der Waals surface area contributed by atoms with Crippen molar-refractivity contribution in [2.75, 3.05) is 19.8 Å². The Hall–Kier alpha value is -3.09. The van der Waals surface area contributed by atoms with Gasteiger partial charge < -0.3 is 65.1 Å². The monoisotopic (exact) mass is 848 g/mol. The molecule has 12 unspecified atom stereocenters. The Morgan fingerprint density at radius 3 is 1.63 bits per heavy atom. The molecule has 12 atom stereocenters. The molecule has 0 radical (unpaired) electrons. The first-order valence-electron chi connectivity index (χ1n) is 21.5. The van der Waals surface area contributed by atoms with E-state index in [1.165, 1.54) is 0 Å². The van der Waals surface area contributed by atoms with Crippen molar-refractivity contribution in [3.8, 4) is 0 Å². The molecule has 1 amide bonds. The average molecular weight is 848 g/mol. The maximum atomic E-state index is 12.9. The summed E-state index contributed by atoms with van der Waals surface area (Å²) >= 11 is 0. The summed E-state index contributed by atoms with van der Waals surface area (Å²) in [6.45, 7) is 2.34. The van der Waals surface area contributed by atoms with Gasteiger partial charge in [0.1, 0.15) is 48.8 Å². The molecule has 2 aliphatic rings. The molecular weight excluding hydrogens is 775 g/mol. The molecule has 14 heteroatoms. The van der Waals surface area contributed by atoms with Gasteiger partial charge >= 0.3 is 0 Å². The van der Waals surface area contributed by atoms with Crippen LogP contribution >= 0.6 is 0 Å². The number of rotatable bonds is 29. The second-order valence-electron chi connectivity index (χ2n) is 14.7. The maximum absolute atomic E-state index is 12.9. The van der Waals surface area contributed by atoms with Crippen LogP contribution in [-0.2, 0) is 23.7 Å². The molecule has 14 nitrogen and oxygen atoms in total. The van der Waals surface area contributed by atoms with Crippen LogP contribution in [-0.4, -0.2) is 140 Å². The van der Waals surface area contributed by atoms with Gasteiger partial charge in [-0.1, -0.05) is 117 Å². The molecule has 0 saturated carbocycles. The molecule has 0 aromatic rings. The fourth-order valence-corrected chi connectivity index (χ4v) is 6.22. The lowest BCUT2D eigenvalue weighted by Crippen LogP contribution is -2.65. The van der Waals surface area contributed by atoms with Crippen LogP contribution in [0.4, 0.5) is 0 Å². The highest BCUT2D eigenvalue weighted by Gasteiger charge is 2.50. The van der Waals surface area contributed by atoms with Gasteiger partial charge in [0.25, 0.3) is 0 Å². The SMILES string of the molecule is CC/C=C\C/C=C\C/C=C\C/C=C\C/C=C\C/C=C\C/C=C\CCCC(=O)NC(COC1OC(CO)C(OC2OC(CO)C(O)C(O)C2O)C(O)C1O)C(O)/C=C/CCC. The molecular formula is C46H73NO13. The first kappa shape index (κ1) is 53.0. The smallest absolute Gasteiger partial charge is 0.220 e. The van der Waals surface area contributed by atoms with Gasteiger partial charge in [-0.3, -0.25) is 4.79 Å². The van der Waals surface area contributed by atoms with Crippen LogP contribution in [0.3, 0.4) is 0 Å². The molecule has 2 saturated heterocycles. The number of ether oxygens (including phenoxy) is 4. The minimum Gasteiger partial charge on any atom is -0.394 e. The van der Waals surface area contributed by atoms with Crippen molar-refractivity contribution in [3.05, 3.63) is 97.2 Å². The van der Waals surface area contributed by atoms with E-state index >= 15 is 0 Å². The van der Waals surface area contributed by atoms with Crippen LogP contribution in [0.1, 0.15) is 90.9 Å². The Balaban J connectivity index is 1.76. The third kappa shape index (κ3) is 20.6. The maximum Gasteiger partial charge on any atom is 0.220 e. The van der Waals surface area contributed by atoms with Crippen molar-refractivity contribution in [2.45, 2.75) is 164 Å². The fraction of sp³-hybridized carbons (Fsp3) is 0.630. The van der Waals surface area contributed by atoms with E-state index in [2.05, 4.69) is 91.2 Å². The minimum absolute atomic E-state index is 0.191. The van der Waals surface area contributed by atoms with Crippen molar-refractivity contribution in [1.82, 2.24) is 5.32 Å². The third-order valence-corrected chi connectivity index (χ3v) is 9.76. The number of nitrogens with one attached hydrogen (secondary N) is 1. The topological polar surface area (TPSA) is 228 Å². The number of carbonyl (C=O) groups is 1. The number of aliphatic hydroxyl groups is 8. The zero-order chi connectivity index (χ0) is 44.0.